The second-order valence-corrected chi connectivity index (χ2v) is 4.51. The number of Topliss-reactive ketones (excluding diaryl/α,β-unsaturated/α-hetero) is 1. The number of esters is 1. The summed E-state index contributed by atoms with van der Waals surface area (Å²) in [6.07, 6.45) is 0.417. The first-order chi connectivity index (χ1) is 8.65. The third-order valence-electron chi connectivity index (χ3n) is 3.02. The second-order valence-electron chi connectivity index (χ2n) is 4.51. The van der Waals surface area contributed by atoms with E-state index in [0.717, 1.165) is 5.56 Å². The maximum absolute atomic E-state index is 11.4. The molecule has 0 saturated carbocycles. The summed E-state index contributed by atoms with van der Waals surface area (Å²) in [5.74, 6) is -0.182. The number of carbonyl (C=O) groups is 2. The van der Waals surface area contributed by atoms with E-state index in [1.807, 2.05) is 35.2 Å². The van der Waals surface area contributed by atoms with E-state index in [2.05, 4.69) is 0 Å². The number of carbonyl (C=O) groups excluding carboxylic acids is 2. The summed E-state index contributed by atoms with van der Waals surface area (Å²) < 4.78 is 5.21. The predicted octanol–water partition coefficient (Wildman–Crippen LogP) is 2.16. The largest absolute Gasteiger partial charge is 0.446 e. The van der Waals surface area contributed by atoms with Crippen molar-refractivity contribution in [3.05, 3.63) is 35.9 Å². The lowest BCUT2D eigenvalue weighted by Gasteiger charge is -2.33. The molecule has 0 aliphatic carbocycles. The predicted molar refractivity (Wildman–Crippen MR) is 73.9 cm³/mol. The minimum absolute atomic E-state index is 0. The van der Waals surface area contributed by atoms with Gasteiger partial charge in [0.1, 0.15) is 5.78 Å². The van der Waals surface area contributed by atoms with E-state index in [4.69, 9.17) is 4.74 Å². The molecule has 0 amide bonds. The van der Waals surface area contributed by atoms with Gasteiger partial charge in [-0.2, -0.15) is 0 Å². The van der Waals surface area contributed by atoms with Crippen LogP contribution in [0.1, 0.15) is 25.3 Å². The lowest BCUT2D eigenvalue weighted by Crippen LogP contribution is -2.44. The molecule has 2 rings (SSSR count). The molecule has 1 atom stereocenters. The van der Waals surface area contributed by atoms with Gasteiger partial charge in [0, 0.05) is 26.4 Å². The highest BCUT2D eigenvalue weighted by Crippen LogP contribution is 2.18. The molecule has 19 heavy (non-hydrogen) atoms. The summed E-state index contributed by atoms with van der Waals surface area (Å²) in [7, 11) is 0. The van der Waals surface area contributed by atoms with Crippen molar-refractivity contribution in [2.45, 2.75) is 32.5 Å². The first-order valence-corrected chi connectivity index (χ1v) is 6.12. The number of benzene rings is 1. The van der Waals surface area contributed by atoms with Crippen LogP contribution in [-0.4, -0.2) is 29.4 Å². The van der Waals surface area contributed by atoms with Gasteiger partial charge in [-0.15, -0.1) is 12.4 Å². The van der Waals surface area contributed by atoms with Crippen LogP contribution in [0.5, 0.6) is 0 Å². The average Bonchev–Trinajstić information content (AvgIpc) is 2.33. The van der Waals surface area contributed by atoms with Crippen LogP contribution in [0.2, 0.25) is 0 Å². The average molecular weight is 284 g/mol. The number of rotatable bonds is 3. The summed E-state index contributed by atoms with van der Waals surface area (Å²) in [6.45, 7) is 2.72. The number of ether oxygens (including phenoxy) is 1. The van der Waals surface area contributed by atoms with Crippen molar-refractivity contribution < 1.29 is 14.3 Å². The Kier molecular flexibility index (Phi) is 5.99. The Hall–Kier alpha value is -1.39. The van der Waals surface area contributed by atoms with Crippen LogP contribution < -0.4 is 0 Å². The first kappa shape index (κ1) is 15.7. The van der Waals surface area contributed by atoms with Crippen molar-refractivity contribution >= 4 is 24.2 Å². The molecule has 0 aromatic heterocycles. The summed E-state index contributed by atoms with van der Waals surface area (Å²) in [4.78, 5) is 24.5. The Labute approximate surface area is 119 Å². The van der Waals surface area contributed by atoms with E-state index in [1.165, 1.54) is 6.92 Å². The Morgan fingerprint density at radius 3 is 2.68 bits per heavy atom. The molecular weight excluding hydrogens is 266 g/mol. The smallest absolute Gasteiger partial charge is 0.304 e. The van der Waals surface area contributed by atoms with E-state index in [1.54, 1.807) is 0 Å². The topological polar surface area (TPSA) is 46.6 Å². The van der Waals surface area contributed by atoms with Crippen molar-refractivity contribution in [2.24, 2.45) is 0 Å². The van der Waals surface area contributed by atoms with Crippen molar-refractivity contribution in [3.8, 4) is 0 Å². The number of hydrogen-bond donors (Lipinski definition) is 0. The van der Waals surface area contributed by atoms with E-state index < -0.39 is 6.23 Å². The molecule has 1 fully saturated rings. The standard InChI is InChI=1S/C14H17NO3.ClH/c1-11(16)18-14-9-13(17)7-8-15(14)10-12-5-3-2-4-6-12;/h2-6,14H,7-10H2,1H3;1H. The van der Waals surface area contributed by atoms with Crippen LogP contribution in [0.3, 0.4) is 0 Å². The number of likely N-dealkylation sites (tertiary alicyclic amines) is 1. The fourth-order valence-electron chi connectivity index (χ4n) is 2.14. The number of nitrogens with zero attached hydrogens (tertiary/aromatic N) is 1. The highest BCUT2D eigenvalue weighted by atomic mass is 35.5. The molecule has 1 saturated heterocycles. The lowest BCUT2D eigenvalue weighted by atomic mass is 10.1. The number of piperidine rings is 1. The maximum atomic E-state index is 11.4. The van der Waals surface area contributed by atoms with Gasteiger partial charge in [0.2, 0.25) is 0 Å². The van der Waals surface area contributed by atoms with Gasteiger partial charge in [-0.05, 0) is 5.56 Å². The fourth-order valence-corrected chi connectivity index (χ4v) is 2.14. The quantitative estimate of drug-likeness (QED) is 0.798. The minimum Gasteiger partial charge on any atom is -0.446 e. The fraction of sp³-hybridized carbons (Fsp3) is 0.429. The van der Waals surface area contributed by atoms with Crippen LogP contribution >= 0.6 is 12.4 Å². The SMILES string of the molecule is CC(=O)OC1CC(=O)CCN1Cc1ccccc1.Cl. The van der Waals surface area contributed by atoms with Crippen LogP contribution in [-0.2, 0) is 20.9 Å². The molecule has 1 aromatic rings. The van der Waals surface area contributed by atoms with Gasteiger partial charge in [-0.3, -0.25) is 14.5 Å². The molecule has 1 aliphatic heterocycles. The third-order valence-corrected chi connectivity index (χ3v) is 3.02. The number of halogens is 1. The molecule has 104 valence electrons. The van der Waals surface area contributed by atoms with Gasteiger partial charge in [0.05, 0.1) is 6.42 Å². The van der Waals surface area contributed by atoms with Gasteiger partial charge >= 0.3 is 5.97 Å². The molecule has 4 nitrogen and oxygen atoms in total. The van der Waals surface area contributed by atoms with Gasteiger partial charge in [-0.25, -0.2) is 0 Å². The summed E-state index contributed by atoms with van der Waals surface area (Å²) >= 11 is 0. The van der Waals surface area contributed by atoms with Crippen molar-refractivity contribution in [1.29, 1.82) is 0 Å². The Bertz CT molecular complexity index is 434. The number of hydrogen-bond acceptors (Lipinski definition) is 4. The van der Waals surface area contributed by atoms with Gasteiger partial charge in [0.25, 0.3) is 0 Å². The molecule has 0 radical (unpaired) electrons. The Morgan fingerprint density at radius 2 is 2.05 bits per heavy atom. The van der Waals surface area contributed by atoms with E-state index in [0.29, 0.717) is 25.9 Å². The first-order valence-electron chi connectivity index (χ1n) is 6.12. The van der Waals surface area contributed by atoms with E-state index in [-0.39, 0.29) is 24.2 Å². The number of ketones is 1. The zero-order chi connectivity index (χ0) is 13.0. The van der Waals surface area contributed by atoms with Gasteiger partial charge in [0.15, 0.2) is 6.23 Å². The molecule has 1 heterocycles. The van der Waals surface area contributed by atoms with Crippen LogP contribution in [0.4, 0.5) is 0 Å². The highest BCUT2D eigenvalue weighted by Gasteiger charge is 2.29. The van der Waals surface area contributed by atoms with Gasteiger partial charge in [-0.1, -0.05) is 30.3 Å². The van der Waals surface area contributed by atoms with Crippen LogP contribution in [0.25, 0.3) is 0 Å². The molecule has 1 aliphatic rings. The highest BCUT2D eigenvalue weighted by molar-refractivity contribution is 5.85. The van der Waals surface area contributed by atoms with Crippen molar-refractivity contribution in [2.75, 3.05) is 6.54 Å². The maximum Gasteiger partial charge on any atom is 0.304 e. The Morgan fingerprint density at radius 1 is 1.37 bits per heavy atom. The zero-order valence-corrected chi connectivity index (χ0v) is 11.7. The molecular formula is C14H18ClNO3. The van der Waals surface area contributed by atoms with E-state index in [9.17, 15) is 9.59 Å². The lowest BCUT2D eigenvalue weighted by molar-refractivity contribution is -0.162. The van der Waals surface area contributed by atoms with Crippen LogP contribution in [0, 0.1) is 0 Å². The molecule has 0 bridgehead atoms. The second kappa shape index (κ2) is 7.26. The van der Waals surface area contributed by atoms with Crippen LogP contribution in [0.15, 0.2) is 30.3 Å². The minimum atomic E-state index is -0.413. The molecule has 5 heteroatoms. The van der Waals surface area contributed by atoms with Gasteiger partial charge < -0.3 is 4.74 Å². The molecule has 0 N–H and O–H groups in total. The molecule has 1 unspecified atom stereocenters. The van der Waals surface area contributed by atoms with E-state index >= 15 is 0 Å². The molecule has 1 aromatic carbocycles. The summed E-state index contributed by atoms with van der Waals surface area (Å²) in [6, 6.07) is 9.98. The normalized spacial score (nSPS) is 19.6. The Balaban J connectivity index is 0.00000180. The van der Waals surface area contributed by atoms with Crippen molar-refractivity contribution in [3.63, 3.8) is 0 Å². The third kappa shape index (κ3) is 4.65. The monoisotopic (exact) mass is 283 g/mol. The summed E-state index contributed by atoms with van der Waals surface area (Å²) in [5, 5.41) is 0. The molecule has 0 spiro atoms. The zero-order valence-electron chi connectivity index (χ0n) is 10.9. The summed E-state index contributed by atoms with van der Waals surface area (Å²) in [5.41, 5.74) is 1.16. The van der Waals surface area contributed by atoms with Crippen molar-refractivity contribution in [1.82, 2.24) is 4.90 Å².